The number of pyridine rings is 1. The Bertz CT molecular complexity index is 772. The van der Waals surface area contributed by atoms with Crippen molar-refractivity contribution in [3.63, 3.8) is 0 Å². The third-order valence-corrected chi connectivity index (χ3v) is 2.84. The van der Waals surface area contributed by atoms with Crippen molar-refractivity contribution in [3.05, 3.63) is 58.9 Å². The van der Waals surface area contributed by atoms with E-state index >= 15 is 0 Å². The molecule has 0 saturated carbocycles. The minimum atomic E-state index is -0.328. The first-order chi connectivity index (χ1) is 8.74. The van der Waals surface area contributed by atoms with Gasteiger partial charge in [0.15, 0.2) is 0 Å². The Morgan fingerprint density at radius 2 is 2.11 bits per heavy atom. The zero-order valence-electron chi connectivity index (χ0n) is 9.84. The topological polar surface area (TPSA) is 58.6 Å². The number of hydrogen-bond donors (Lipinski definition) is 1. The van der Waals surface area contributed by atoms with Crippen molar-refractivity contribution in [1.82, 2.24) is 15.0 Å². The number of hydrogen-bond acceptors (Lipinski definition) is 3. The van der Waals surface area contributed by atoms with E-state index in [1.54, 1.807) is 12.4 Å². The summed E-state index contributed by atoms with van der Waals surface area (Å²) in [6, 6.07) is 9.73. The highest BCUT2D eigenvalue weighted by atomic mass is 16.1. The minimum Gasteiger partial charge on any atom is -0.310 e. The lowest BCUT2D eigenvalue weighted by Crippen LogP contribution is -2.12. The van der Waals surface area contributed by atoms with Gasteiger partial charge in [-0.1, -0.05) is 18.2 Å². The molecule has 1 aromatic carbocycles. The third kappa shape index (κ3) is 1.78. The number of H-pyrrole nitrogens is 1. The van der Waals surface area contributed by atoms with Crippen LogP contribution in [0.15, 0.2) is 47.5 Å². The fourth-order valence-corrected chi connectivity index (χ4v) is 2.05. The number of aryl methyl sites for hydroxylation is 1. The maximum Gasteiger partial charge on any atom is 0.345 e. The van der Waals surface area contributed by atoms with Gasteiger partial charge in [-0.05, 0) is 24.4 Å². The molecular weight excluding hydrogens is 226 g/mol. The first-order valence-electron chi connectivity index (χ1n) is 5.65. The van der Waals surface area contributed by atoms with Crippen LogP contribution < -0.4 is 5.69 Å². The summed E-state index contributed by atoms with van der Waals surface area (Å²) in [5.41, 5.74) is 2.07. The van der Waals surface area contributed by atoms with Crippen LogP contribution in [0.2, 0.25) is 0 Å². The van der Waals surface area contributed by atoms with Gasteiger partial charge in [0.2, 0.25) is 0 Å². The first kappa shape index (κ1) is 10.7. The monoisotopic (exact) mass is 237 g/mol. The van der Waals surface area contributed by atoms with Gasteiger partial charge in [-0.25, -0.2) is 4.79 Å². The molecule has 2 aromatic heterocycles. The number of nitrogens with zero attached hydrogens (tertiary/aromatic N) is 2. The van der Waals surface area contributed by atoms with E-state index in [9.17, 15) is 4.79 Å². The van der Waals surface area contributed by atoms with Crippen molar-refractivity contribution in [3.8, 4) is 11.3 Å². The van der Waals surface area contributed by atoms with Crippen LogP contribution in [0.1, 0.15) is 5.69 Å². The largest absolute Gasteiger partial charge is 0.345 e. The van der Waals surface area contributed by atoms with Crippen LogP contribution in [0.25, 0.3) is 22.0 Å². The average Bonchev–Trinajstić information content (AvgIpc) is 2.37. The summed E-state index contributed by atoms with van der Waals surface area (Å²) in [6.45, 7) is 1.84. The molecule has 18 heavy (non-hydrogen) atoms. The summed E-state index contributed by atoms with van der Waals surface area (Å²) < 4.78 is 0. The Kier molecular flexibility index (Phi) is 2.41. The second kappa shape index (κ2) is 4.07. The molecule has 3 aromatic rings. The van der Waals surface area contributed by atoms with Crippen LogP contribution in [0.4, 0.5) is 0 Å². The molecule has 0 amide bonds. The van der Waals surface area contributed by atoms with Crippen molar-refractivity contribution < 1.29 is 0 Å². The van der Waals surface area contributed by atoms with Gasteiger partial charge in [0.25, 0.3) is 0 Å². The normalized spacial score (nSPS) is 10.7. The van der Waals surface area contributed by atoms with E-state index in [0.717, 1.165) is 22.0 Å². The van der Waals surface area contributed by atoms with Crippen LogP contribution in [0.3, 0.4) is 0 Å². The second-order valence-electron chi connectivity index (χ2n) is 4.16. The SMILES string of the molecule is Cc1cc(-c2cccc3ccncc23)nc(=O)[nH]1. The number of benzene rings is 1. The molecule has 0 radical (unpaired) electrons. The van der Waals surface area contributed by atoms with E-state index in [-0.39, 0.29) is 5.69 Å². The molecule has 3 rings (SSSR count). The van der Waals surface area contributed by atoms with Crippen LogP contribution >= 0.6 is 0 Å². The number of rotatable bonds is 1. The fourth-order valence-electron chi connectivity index (χ4n) is 2.05. The Hall–Kier alpha value is -2.49. The van der Waals surface area contributed by atoms with Crippen molar-refractivity contribution in [2.75, 3.05) is 0 Å². The van der Waals surface area contributed by atoms with E-state index in [1.807, 2.05) is 37.3 Å². The summed E-state index contributed by atoms with van der Waals surface area (Å²) in [5.74, 6) is 0. The summed E-state index contributed by atoms with van der Waals surface area (Å²) >= 11 is 0. The number of nitrogens with one attached hydrogen (secondary N) is 1. The molecule has 1 N–H and O–H groups in total. The van der Waals surface area contributed by atoms with Gasteiger partial charge < -0.3 is 4.98 Å². The zero-order chi connectivity index (χ0) is 12.5. The number of aromatic nitrogens is 3. The second-order valence-corrected chi connectivity index (χ2v) is 4.16. The fraction of sp³-hybridized carbons (Fsp3) is 0.0714. The Balaban J connectivity index is 2.34. The van der Waals surface area contributed by atoms with Crippen LogP contribution in [0, 0.1) is 6.92 Å². The summed E-state index contributed by atoms with van der Waals surface area (Å²) in [6.07, 6.45) is 3.55. The molecule has 0 atom stereocenters. The Labute approximate surface area is 103 Å². The first-order valence-corrected chi connectivity index (χ1v) is 5.65. The molecule has 2 heterocycles. The molecular formula is C14H11N3O. The van der Waals surface area contributed by atoms with Crippen LogP contribution in [-0.2, 0) is 0 Å². The minimum absolute atomic E-state index is 0.328. The third-order valence-electron chi connectivity index (χ3n) is 2.84. The molecule has 0 fully saturated rings. The molecule has 0 aliphatic heterocycles. The molecule has 0 saturated heterocycles. The standard InChI is InChI=1S/C14H11N3O/c1-9-7-13(17-14(18)16-9)11-4-2-3-10-5-6-15-8-12(10)11/h2-8H,1H3,(H,16,17,18). The molecule has 0 aliphatic carbocycles. The molecule has 0 unspecified atom stereocenters. The predicted octanol–water partition coefficient (Wildman–Crippen LogP) is 2.29. The lowest BCUT2D eigenvalue weighted by atomic mass is 10.0. The van der Waals surface area contributed by atoms with Gasteiger partial charge >= 0.3 is 5.69 Å². The molecule has 0 bridgehead atoms. The predicted molar refractivity (Wildman–Crippen MR) is 70.3 cm³/mol. The van der Waals surface area contributed by atoms with E-state index in [4.69, 9.17) is 0 Å². The van der Waals surface area contributed by atoms with Gasteiger partial charge in [-0.3, -0.25) is 4.98 Å². The highest BCUT2D eigenvalue weighted by Gasteiger charge is 2.06. The van der Waals surface area contributed by atoms with E-state index < -0.39 is 0 Å². The Morgan fingerprint density at radius 3 is 2.94 bits per heavy atom. The van der Waals surface area contributed by atoms with Gasteiger partial charge in [0, 0.05) is 29.0 Å². The van der Waals surface area contributed by atoms with E-state index in [1.165, 1.54) is 0 Å². The maximum atomic E-state index is 11.4. The van der Waals surface area contributed by atoms with Crippen molar-refractivity contribution in [1.29, 1.82) is 0 Å². The molecule has 0 spiro atoms. The molecule has 4 nitrogen and oxygen atoms in total. The highest BCUT2D eigenvalue weighted by Crippen LogP contribution is 2.25. The van der Waals surface area contributed by atoms with Crippen molar-refractivity contribution in [2.24, 2.45) is 0 Å². The van der Waals surface area contributed by atoms with Gasteiger partial charge in [-0.15, -0.1) is 0 Å². The van der Waals surface area contributed by atoms with Gasteiger partial charge in [-0.2, -0.15) is 4.98 Å². The molecule has 88 valence electrons. The lowest BCUT2D eigenvalue weighted by molar-refractivity contribution is 1.03. The van der Waals surface area contributed by atoms with Crippen LogP contribution in [0.5, 0.6) is 0 Å². The van der Waals surface area contributed by atoms with Crippen molar-refractivity contribution >= 4 is 10.8 Å². The van der Waals surface area contributed by atoms with E-state index in [0.29, 0.717) is 5.69 Å². The average molecular weight is 237 g/mol. The lowest BCUT2D eigenvalue weighted by Gasteiger charge is -2.05. The maximum absolute atomic E-state index is 11.4. The zero-order valence-corrected chi connectivity index (χ0v) is 9.84. The van der Waals surface area contributed by atoms with E-state index in [2.05, 4.69) is 15.0 Å². The van der Waals surface area contributed by atoms with Crippen molar-refractivity contribution in [2.45, 2.75) is 6.92 Å². The van der Waals surface area contributed by atoms with Gasteiger partial charge in [0.1, 0.15) is 0 Å². The van der Waals surface area contributed by atoms with Crippen LogP contribution in [-0.4, -0.2) is 15.0 Å². The Morgan fingerprint density at radius 1 is 1.22 bits per heavy atom. The molecule has 4 heteroatoms. The van der Waals surface area contributed by atoms with Gasteiger partial charge in [0.05, 0.1) is 5.69 Å². The number of fused-ring (bicyclic) bond motifs is 1. The summed E-state index contributed by atoms with van der Waals surface area (Å²) in [7, 11) is 0. The number of aromatic amines is 1. The summed E-state index contributed by atoms with van der Waals surface area (Å²) in [4.78, 5) is 22.2. The quantitative estimate of drug-likeness (QED) is 0.706. The highest BCUT2D eigenvalue weighted by molar-refractivity contribution is 5.95. The molecule has 0 aliphatic rings. The smallest absolute Gasteiger partial charge is 0.310 e. The summed E-state index contributed by atoms with van der Waals surface area (Å²) in [5, 5.41) is 2.08.